The Kier molecular flexibility index (Phi) is 4.22. The van der Waals surface area contributed by atoms with E-state index in [0.29, 0.717) is 24.4 Å². The Morgan fingerprint density at radius 3 is 2.58 bits per heavy atom. The molecule has 8 heteroatoms. The first-order valence-corrected chi connectivity index (χ1v) is 8.16. The number of nitrogens with zero attached hydrogens (tertiary/aromatic N) is 6. The van der Waals surface area contributed by atoms with Gasteiger partial charge in [-0.1, -0.05) is 30.3 Å². The van der Waals surface area contributed by atoms with Gasteiger partial charge < -0.3 is 0 Å². The summed E-state index contributed by atoms with van der Waals surface area (Å²) in [5.41, 5.74) is 2.54. The second-order valence-corrected chi connectivity index (χ2v) is 5.83. The van der Waals surface area contributed by atoms with E-state index in [4.69, 9.17) is 0 Å². The molecule has 7 nitrogen and oxygen atoms in total. The van der Waals surface area contributed by atoms with Crippen LogP contribution in [-0.4, -0.2) is 43.4 Å². The molecule has 0 saturated carbocycles. The maximum absolute atomic E-state index is 13.0. The zero-order valence-corrected chi connectivity index (χ0v) is 13.8. The normalized spacial score (nSPS) is 13.7. The van der Waals surface area contributed by atoms with Gasteiger partial charge >= 0.3 is 0 Å². The molecule has 130 valence electrons. The van der Waals surface area contributed by atoms with Crippen LogP contribution in [0.25, 0.3) is 11.4 Å². The Bertz CT molecular complexity index is 951. The van der Waals surface area contributed by atoms with Crippen molar-refractivity contribution in [1.82, 2.24) is 25.2 Å². The fourth-order valence-electron chi connectivity index (χ4n) is 2.70. The highest BCUT2D eigenvalue weighted by Crippen LogP contribution is 2.15. The molecule has 0 spiro atoms. The van der Waals surface area contributed by atoms with Crippen LogP contribution in [0.3, 0.4) is 0 Å². The van der Waals surface area contributed by atoms with Crippen molar-refractivity contribution in [3.8, 4) is 11.4 Å². The number of hydrogen-bond donors (Lipinski definition) is 0. The van der Waals surface area contributed by atoms with Gasteiger partial charge in [-0.2, -0.15) is 9.90 Å². The van der Waals surface area contributed by atoms with Crippen LogP contribution >= 0.6 is 0 Å². The predicted octanol–water partition coefficient (Wildman–Crippen LogP) is 2.12. The average Bonchev–Trinajstić information content (AvgIpc) is 3.33. The lowest BCUT2D eigenvalue weighted by molar-refractivity contribution is -0.131. The van der Waals surface area contributed by atoms with Crippen molar-refractivity contribution < 1.29 is 9.18 Å². The summed E-state index contributed by atoms with van der Waals surface area (Å²) in [6, 6.07) is 15.6. The van der Waals surface area contributed by atoms with Crippen LogP contribution < -0.4 is 0 Å². The molecule has 0 aliphatic carbocycles. The van der Waals surface area contributed by atoms with Gasteiger partial charge in [0.25, 0.3) is 5.91 Å². The van der Waals surface area contributed by atoms with Gasteiger partial charge in [0.05, 0.1) is 12.3 Å². The van der Waals surface area contributed by atoms with Crippen molar-refractivity contribution in [1.29, 1.82) is 0 Å². The number of carbonyl (C=O) groups is 1. The highest BCUT2D eigenvalue weighted by atomic mass is 19.1. The van der Waals surface area contributed by atoms with Crippen molar-refractivity contribution in [2.75, 3.05) is 6.54 Å². The van der Waals surface area contributed by atoms with Gasteiger partial charge in [-0.15, -0.1) is 10.2 Å². The number of hydrogen-bond acceptors (Lipinski definition) is 5. The van der Waals surface area contributed by atoms with E-state index in [9.17, 15) is 9.18 Å². The highest BCUT2D eigenvalue weighted by molar-refractivity contribution is 6.02. The number of amides is 1. The van der Waals surface area contributed by atoms with Crippen LogP contribution in [0.2, 0.25) is 0 Å². The van der Waals surface area contributed by atoms with E-state index in [1.807, 2.05) is 30.3 Å². The van der Waals surface area contributed by atoms with Gasteiger partial charge in [-0.05, 0) is 35.0 Å². The summed E-state index contributed by atoms with van der Waals surface area (Å²) in [5, 5.41) is 17.8. The molecule has 2 aromatic carbocycles. The van der Waals surface area contributed by atoms with E-state index < -0.39 is 0 Å². The SMILES string of the molecule is O=C(Cn1nnc(-c2ccc(F)cc2)n1)N1CCC(c2ccccc2)=N1. The lowest BCUT2D eigenvalue weighted by atomic mass is 10.1. The van der Waals surface area contributed by atoms with E-state index in [1.54, 1.807) is 12.1 Å². The summed E-state index contributed by atoms with van der Waals surface area (Å²) in [5.74, 6) is -0.205. The third-order valence-electron chi connectivity index (χ3n) is 4.03. The van der Waals surface area contributed by atoms with Crippen LogP contribution in [0.15, 0.2) is 59.7 Å². The first-order valence-electron chi connectivity index (χ1n) is 8.16. The van der Waals surface area contributed by atoms with Crippen LogP contribution in [-0.2, 0) is 11.3 Å². The lowest BCUT2D eigenvalue weighted by Crippen LogP contribution is -2.28. The van der Waals surface area contributed by atoms with Crippen molar-refractivity contribution in [3.05, 3.63) is 66.0 Å². The fourth-order valence-corrected chi connectivity index (χ4v) is 2.70. The zero-order valence-electron chi connectivity index (χ0n) is 13.8. The third kappa shape index (κ3) is 3.34. The first kappa shape index (κ1) is 16.1. The molecule has 0 atom stereocenters. The smallest absolute Gasteiger partial charge is 0.266 e. The van der Waals surface area contributed by atoms with Crippen LogP contribution in [0.1, 0.15) is 12.0 Å². The monoisotopic (exact) mass is 350 g/mol. The third-order valence-corrected chi connectivity index (χ3v) is 4.03. The molecule has 0 saturated heterocycles. The summed E-state index contributed by atoms with van der Waals surface area (Å²) in [6.45, 7) is 0.475. The van der Waals surface area contributed by atoms with Crippen LogP contribution in [0.5, 0.6) is 0 Å². The molecule has 0 bridgehead atoms. The molecule has 3 aromatic rings. The molecule has 2 heterocycles. The van der Waals surface area contributed by atoms with E-state index in [2.05, 4.69) is 20.5 Å². The van der Waals surface area contributed by atoms with Gasteiger partial charge in [0, 0.05) is 12.0 Å². The summed E-state index contributed by atoms with van der Waals surface area (Å²) in [6.07, 6.45) is 0.710. The molecule has 4 rings (SSSR count). The number of carbonyl (C=O) groups excluding carboxylic acids is 1. The number of rotatable bonds is 4. The standard InChI is InChI=1S/C18H15FN6O/c19-15-8-6-14(7-9-15)18-20-23-25(22-18)12-17(26)24-11-10-16(21-24)13-4-2-1-3-5-13/h1-9H,10-12H2. The summed E-state index contributed by atoms with van der Waals surface area (Å²) in [7, 11) is 0. The molecule has 0 fully saturated rings. The minimum Gasteiger partial charge on any atom is -0.271 e. The van der Waals surface area contributed by atoms with Crippen molar-refractivity contribution >= 4 is 11.6 Å². The topological polar surface area (TPSA) is 76.3 Å². The van der Waals surface area contributed by atoms with Gasteiger partial charge in [0.15, 0.2) is 0 Å². The number of benzene rings is 2. The average molecular weight is 350 g/mol. The Balaban J connectivity index is 1.44. The van der Waals surface area contributed by atoms with Crippen molar-refractivity contribution in [2.24, 2.45) is 5.10 Å². The molecule has 26 heavy (non-hydrogen) atoms. The number of halogens is 1. The molecular weight excluding hydrogens is 335 g/mol. The summed E-state index contributed by atoms with van der Waals surface area (Å²) in [4.78, 5) is 13.6. The van der Waals surface area contributed by atoms with Gasteiger partial charge in [0.1, 0.15) is 12.4 Å². The summed E-state index contributed by atoms with van der Waals surface area (Å²) >= 11 is 0. The second kappa shape index (κ2) is 6.83. The molecule has 1 aliphatic heterocycles. The maximum Gasteiger partial charge on any atom is 0.266 e. The van der Waals surface area contributed by atoms with Crippen LogP contribution in [0.4, 0.5) is 4.39 Å². The number of aromatic nitrogens is 4. The largest absolute Gasteiger partial charge is 0.271 e. The van der Waals surface area contributed by atoms with E-state index in [0.717, 1.165) is 11.3 Å². The van der Waals surface area contributed by atoms with Crippen molar-refractivity contribution in [3.63, 3.8) is 0 Å². The van der Waals surface area contributed by atoms with Crippen LogP contribution in [0, 0.1) is 5.82 Å². The molecule has 0 radical (unpaired) electrons. The number of hydrazone groups is 1. The Morgan fingerprint density at radius 1 is 1.04 bits per heavy atom. The Morgan fingerprint density at radius 2 is 1.81 bits per heavy atom. The predicted molar refractivity (Wildman–Crippen MR) is 92.5 cm³/mol. The van der Waals surface area contributed by atoms with Gasteiger partial charge in [0.2, 0.25) is 5.82 Å². The molecular formula is C18H15FN6O. The highest BCUT2D eigenvalue weighted by Gasteiger charge is 2.22. The Hall–Kier alpha value is -3.42. The molecule has 1 aromatic heterocycles. The molecule has 1 amide bonds. The fraction of sp³-hybridized carbons (Fsp3) is 0.167. The molecule has 1 aliphatic rings. The minimum atomic E-state index is -0.336. The zero-order chi connectivity index (χ0) is 17.9. The van der Waals surface area contributed by atoms with Gasteiger partial charge in [-0.25, -0.2) is 9.40 Å². The van der Waals surface area contributed by atoms with E-state index in [-0.39, 0.29) is 18.3 Å². The number of tetrazole rings is 1. The maximum atomic E-state index is 13.0. The Labute approximate surface area is 148 Å². The second-order valence-electron chi connectivity index (χ2n) is 5.83. The molecule has 0 N–H and O–H groups in total. The first-order chi connectivity index (χ1) is 12.7. The molecule has 0 unspecified atom stereocenters. The lowest BCUT2D eigenvalue weighted by Gasteiger charge is -2.09. The van der Waals surface area contributed by atoms with Crippen molar-refractivity contribution in [2.45, 2.75) is 13.0 Å². The van der Waals surface area contributed by atoms with Gasteiger partial charge in [-0.3, -0.25) is 4.79 Å². The van der Waals surface area contributed by atoms with E-state index >= 15 is 0 Å². The summed E-state index contributed by atoms with van der Waals surface area (Å²) < 4.78 is 13.0. The minimum absolute atomic E-state index is 0.0558. The quantitative estimate of drug-likeness (QED) is 0.722. The van der Waals surface area contributed by atoms with E-state index in [1.165, 1.54) is 21.9 Å².